The van der Waals surface area contributed by atoms with Gasteiger partial charge in [0.05, 0.1) is 11.7 Å². The van der Waals surface area contributed by atoms with Crippen LogP contribution in [0.5, 0.6) is 0 Å². The molecule has 7 heteroatoms. The summed E-state index contributed by atoms with van der Waals surface area (Å²) in [4.78, 5) is 24.6. The van der Waals surface area contributed by atoms with Crippen molar-refractivity contribution >= 4 is 17.9 Å². The number of aromatic nitrogens is 2. The summed E-state index contributed by atoms with van der Waals surface area (Å²) < 4.78 is 0. The Hall–Kier alpha value is -2.83. The van der Waals surface area contributed by atoms with Gasteiger partial charge in [-0.1, -0.05) is 24.3 Å². The largest absolute Gasteiger partial charge is 0.465 e. The Bertz CT molecular complexity index is 939. The number of amides is 1. The number of benzene rings is 1. The SMILES string of the molecule is CC(C)(C)N(C(=O)O)C1CCN(c2cc(C3CCc4ccccc4C3)nc(N)n2)C1. The predicted octanol–water partition coefficient (Wildman–Crippen LogP) is 3.69. The van der Waals surface area contributed by atoms with E-state index in [0.29, 0.717) is 12.5 Å². The highest BCUT2D eigenvalue weighted by molar-refractivity contribution is 5.67. The van der Waals surface area contributed by atoms with Crippen LogP contribution in [0.2, 0.25) is 0 Å². The van der Waals surface area contributed by atoms with Gasteiger partial charge < -0.3 is 15.7 Å². The second-order valence-corrected chi connectivity index (χ2v) is 9.43. The molecular weight excluding hydrogens is 378 g/mol. The molecule has 2 unspecified atom stereocenters. The molecule has 4 rings (SSSR count). The van der Waals surface area contributed by atoms with Crippen molar-refractivity contribution in [1.29, 1.82) is 0 Å². The van der Waals surface area contributed by atoms with Crippen LogP contribution >= 0.6 is 0 Å². The van der Waals surface area contributed by atoms with Crippen LogP contribution in [0.15, 0.2) is 30.3 Å². The Labute approximate surface area is 177 Å². The minimum Gasteiger partial charge on any atom is -0.465 e. The lowest BCUT2D eigenvalue weighted by atomic mass is 9.82. The molecule has 1 aliphatic carbocycles. The summed E-state index contributed by atoms with van der Waals surface area (Å²) in [5, 5.41) is 9.73. The number of hydrogen-bond acceptors (Lipinski definition) is 5. The standard InChI is InChI=1S/C23H31N5O2/c1-23(2,3)28(22(29)30)18-10-11-27(14-18)20-13-19(25-21(24)26-20)17-9-8-15-6-4-5-7-16(15)12-17/h4-7,13,17-18H,8-12,14H2,1-3H3,(H,29,30)(H2,24,25,26). The second-order valence-electron chi connectivity index (χ2n) is 9.43. The maximum Gasteiger partial charge on any atom is 0.408 e. The van der Waals surface area contributed by atoms with Crippen molar-refractivity contribution in [2.45, 2.75) is 64.0 Å². The average Bonchev–Trinajstić information content (AvgIpc) is 3.15. The van der Waals surface area contributed by atoms with E-state index in [2.05, 4.69) is 45.2 Å². The fourth-order valence-electron chi connectivity index (χ4n) is 4.94. The van der Waals surface area contributed by atoms with Gasteiger partial charge in [0.25, 0.3) is 0 Å². The molecule has 2 aliphatic rings. The number of carboxylic acid groups (broad SMARTS) is 1. The van der Waals surface area contributed by atoms with Crippen LogP contribution in [-0.4, -0.2) is 50.7 Å². The molecule has 1 fully saturated rings. The third kappa shape index (κ3) is 4.06. The molecule has 2 heterocycles. The monoisotopic (exact) mass is 409 g/mol. The molecule has 7 nitrogen and oxygen atoms in total. The van der Waals surface area contributed by atoms with Gasteiger partial charge in [0, 0.05) is 30.6 Å². The second kappa shape index (κ2) is 7.78. The number of nitrogens with two attached hydrogens (primary N) is 1. The fraction of sp³-hybridized carbons (Fsp3) is 0.522. The Kier molecular flexibility index (Phi) is 5.30. The summed E-state index contributed by atoms with van der Waals surface area (Å²) in [6.07, 6.45) is 2.96. The molecule has 160 valence electrons. The lowest BCUT2D eigenvalue weighted by molar-refractivity contribution is 0.0763. The van der Waals surface area contributed by atoms with Gasteiger partial charge in [-0.2, -0.15) is 4.98 Å². The van der Waals surface area contributed by atoms with Crippen molar-refractivity contribution in [2.75, 3.05) is 23.7 Å². The summed E-state index contributed by atoms with van der Waals surface area (Å²) >= 11 is 0. The summed E-state index contributed by atoms with van der Waals surface area (Å²) in [6, 6.07) is 10.6. The zero-order valence-corrected chi connectivity index (χ0v) is 18.0. The first-order chi connectivity index (χ1) is 14.2. The molecule has 1 aromatic carbocycles. The number of hydrogen-bond donors (Lipinski definition) is 2. The molecule has 0 spiro atoms. The number of carbonyl (C=O) groups is 1. The first-order valence-corrected chi connectivity index (χ1v) is 10.7. The van der Waals surface area contributed by atoms with Gasteiger partial charge in [0.15, 0.2) is 0 Å². The quantitative estimate of drug-likeness (QED) is 0.803. The third-order valence-electron chi connectivity index (χ3n) is 6.30. The number of rotatable bonds is 3. The number of aryl methyl sites for hydroxylation is 1. The Morgan fingerprint density at radius 3 is 2.63 bits per heavy atom. The molecule has 1 amide bonds. The molecule has 3 N–H and O–H groups in total. The molecule has 2 atom stereocenters. The Morgan fingerprint density at radius 2 is 1.93 bits per heavy atom. The number of nitrogen functional groups attached to an aromatic ring is 1. The summed E-state index contributed by atoms with van der Waals surface area (Å²) in [7, 11) is 0. The van der Waals surface area contributed by atoms with Gasteiger partial charge in [-0.15, -0.1) is 0 Å². The summed E-state index contributed by atoms with van der Waals surface area (Å²) in [5.41, 5.74) is 9.44. The van der Waals surface area contributed by atoms with Crippen molar-refractivity contribution in [3.8, 4) is 0 Å². The average molecular weight is 410 g/mol. The van der Waals surface area contributed by atoms with Gasteiger partial charge in [-0.3, -0.25) is 4.90 Å². The van der Waals surface area contributed by atoms with Crippen molar-refractivity contribution in [3.05, 3.63) is 47.2 Å². The Balaban J connectivity index is 1.54. The lowest BCUT2D eigenvalue weighted by Gasteiger charge is -2.38. The Morgan fingerprint density at radius 1 is 1.20 bits per heavy atom. The highest BCUT2D eigenvalue weighted by atomic mass is 16.4. The summed E-state index contributed by atoms with van der Waals surface area (Å²) in [6.45, 7) is 7.18. The van der Waals surface area contributed by atoms with E-state index in [1.54, 1.807) is 4.90 Å². The minimum atomic E-state index is -0.877. The highest BCUT2D eigenvalue weighted by Gasteiger charge is 2.37. The molecule has 2 aromatic rings. The van der Waals surface area contributed by atoms with Gasteiger partial charge in [0.1, 0.15) is 5.82 Å². The van der Waals surface area contributed by atoms with Crippen LogP contribution in [0.4, 0.5) is 16.6 Å². The number of anilines is 2. The molecule has 0 saturated carbocycles. The highest BCUT2D eigenvalue weighted by Crippen LogP contribution is 2.34. The predicted molar refractivity (Wildman–Crippen MR) is 118 cm³/mol. The number of fused-ring (bicyclic) bond motifs is 1. The smallest absolute Gasteiger partial charge is 0.408 e. The van der Waals surface area contributed by atoms with E-state index in [4.69, 9.17) is 5.73 Å². The van der Waals surface area contributed by atoms with E-state index >= 15 is 0 Å². The topological polar surface area (TPSA) is 95.6 Å². The van der Waals surface area contributed by atoms with Gasteiger partial charge >= 0.3 is 6.09 Å². The number of nitrogens with zero attached hydrogens (tertiary/aromatic N) is 4. The van der Waals surface area contributed by atoms with Crippen LogP contribution in [0.1, 0.15) is 56.4 Å². The van der Waals surface area contributed by atoms with Gasteiger partial charge in [0.2, 0.25) is 5.95 Å². The maximum absolute atomic E-state index is 11.9. The molecule has 1 aromatic heterocycles. The zero-order chi connectivity index (χ0) is 21.5. The summed E-state index contributed by atoms with van der Waals surface area (Å²) in [5.74, 6) is 1.42. The van der Waals surface area contributed by atoms with Crippen LogP contribution in [0.3, 0.4) is 0 Å². The van der Waals surface area contributed by atoms with Crippen molar-refractivity contribution in [2.24, 2.45) is 0 Å². The van der Waals surface area contributed by atoms with E-state index in [-0.39, 0.29) is 12.0 Å². The first-order valence-electron chi connectivity index (χ1n) is 10.7. The first kappa shape index (κ1) is 20.4. The van der Waals surface area contributed by atoms with Gasteiger partial charge in [-0.05, 0) is 57.6 Å². The van der Waals surface area contributed by atoms with E-state index in [1.807, 2.05) is 20.8 Å². The molecule has 30 heavy (non-hydrogen) atoms. The van der Waals surface area contributed by atoms with E-state index in [1.165, 1.54) is 11.1 Å². The molecule has 1 aliphatic heterocycles. The normalized spacial score (nSPS) is 21.4. The lowest BCUT2D eigenvalue weighted by Crippen LogP contribution is -2.52. The zero-order valence-electron chi connectivity index (χ0n) is 18.0. The van der Waals surface area contributed by atoms with Crippen LogP contribution in [-0.2, 0) is 12.8 Å². The van der Waals surface area contributed by atoms with E-state index < -0.39 is 11.6 Å². The van der Waals surface area contributed by atoms with Crippen molar-refractivity contribution in [3.63, 3.8) is 0 Å². The van der Waals surface area contributed by atoms with Crippen molar-refractivity contribution in [1.82, 2.24) is 14.9 Å². The van der Waals surface area contributed by atoms with E-state index in [9.17, 15) is 9.90 Å². The minimum absolute atomic E-state index is 0.0660. The fourth-order valence-corrected chi connectivity index (χ4v) is 4.94. The third-order valence-corrected chi connectivity index (χ3v) is 6.30. The molecule has 0 bridgehead atoms. The molecular formula is C23H31N5O2. The van der Waals surface area contributed by atoms with Crippen molar-refractivity contribution < 1.29 is 9.90 Å². The van der Waals surface area contributed by atoms with Crippen LogP contribution < -0.4 is 10.6 Å². The van der Waals surface area contributed by atoms with Crippen LogP contribution in [0.25, 0.3) is 0 Å². The molecule has 1 saturated heterocycles. The van der Waals surface area contributed by atoms with Gasteiger partial charge in [-0.25, -0.2) is 9.78 Å². The molecule has 0 radical (unpaired) electrons. The van der Waals surface area contributed by atoms with E-state index in [0.717, 1.165) is 43.7 Å². The maximum atomic E-state index is 11.9. The van der Waals surface area contributed by atoms with Crippen LogP contribution in [0, 0.1) is 0 Å².